The van der Waals surface area contributed by atoms with Gasteiger partial charge >= 0.3 is 11.9 Å². The number of rotatable bonds is 36. The van der Waals surface area contributed by atoms with Gasteiger partial charge in [0.15, 0.2) is 0 Å². The molecule has 2 N–H and O–H groups in total. The summed E-state index contributed by atoms with van der Waals surface area (Å²) in [4.78, 5) is 35.7. The third kappa shape index (κ3) is 34.1. The van der Waals surface area contributed by atoms with Crippen molar-refractivity contribution in [2.45, 2.75) is 206 Å². The van der Waals surface area contributed by atoms with E-state index in [0.717, 1.165) is 44.8 Å². The SMILES string of the molecule is CCCCCCCCCCCCCCCC(=O)OCC(CSC[C@H](N)C=O)OC(=O)CCCCCCCCCCCCCCC. The third-order valence-corrected chi connectivity index (χ3v) is 9.71. The number of esters is 2. The number of aldehydes is 1. The first-order valence-corrected chi connectivity index (χ1v) is 20.3. The third-order valence-electron chi connectivity index (χ3n) is 8.49. The molecule has 0 saturated carbocycles. The minimum atomic E-state index is -0.546. The van der Waals surface area contributed by atoms with Crippen LogP contribution in [0.4, 0.5) is 0 Å². The second-order valence-electron chi connectivity index (χ2n) is 13.1. The molecule has 0 aromatic carbocycles. The Morgan fingerprint density at radius 1 is 0.556 bits per heavy atom. The summed E-state index contributed by atoms with van der Waals surface area (Å²) in [5.41, 5.74) is 5.70. The topological polar surface area (TPSA) is 95.7 Å². The van der Waals surface area contributed by atoms with Crippen LogP contribution in [0.25, 0.3) is 0 Å². The van der Waals surface area contributed by atoms with Crippen LogP contribution in [0.2, 0.25) is 0 Å². The number of thioether (sulfide) groups is 1. The van der Waals surface area contributed by atoms with Crippen LogP contribution in [-0.2, 0) is 23.9 Å². The van der Waals surface area contributed by atoms with Crippen LogP contribution in [0.1, 0.15) is 194 Å². The minimum Gasteiger partial charge on any atom is -0.462 e. The summed E-state index contributed by atoms with van der Waals surface area (Å²) in [5, 5.41) is 0. The van der Waals surface area contributed by atoms with Crippen molar-refractivity contribution in [3.8, 4) is 0 Å². The highest BCUT2D eigenvalue weighted by Gasteiger charge is 2.18. The summed E-state index contributed by atoms with van der Waals surface area (Å²) in [6, 6.07) is -0.546. The summed E-state index contributed by atoms with van der Waals surface area (Å²) in [5.74, 6) is 0.433. The maximum atomic E-state index is 12.5. The molecular formula is C38H73NO5S. The lowest BCUT2D eigenvalue weighted by atomic mass is 10.0. The lowest BCUT2D eigenvalue weighted by Crippen LogP contribution is -2.29. The first-order chi connectivity index (χ1) is 22.0. The van der Waals surface area contributed by atoms with Crippen molar-refractivity contribution in [1.82, 2.24) is 0 Å². The van der Waals surface area contributed by atoms with Gasteiger partial charge in [-0.25, -0.2) is 0 Å². The van der Waals surface area contributed by atoms with Crippen molar-refractivity contribution in [3.05, 3.63) is 0 Å². The Morgan fingerprint density at radius 2 is 0.911 bits per heavy atom. The molecule has 1 unspecified atom stereocenters. The molecule has 6 nitrogen and oxygen atoms in total. The van der Waals surface area contributed by atoms with Crippen LogP contribution in [-0.4, -0.2) is 48.5 Å². The Kier molecular flexibility index (Phi) is 34.9. The van der Waals surface area contributed by atoms with E-state index in [1.807, 2.05) is 0 Å². The molecule has 2 atom stereocenters. The van der Waals surface area contributed by atoms with Gasteiger partial charge in [-0.1, -0.05) is 168 Å². The number of hydrogen-bond acceptors (Lipinski definition) is 7. The van der Waals surface area contributed by atoms with Crippen molar-refractivity contribution in [2.24, 2.45) is 5.73 Å². The average Bonchev–Trinajstić information content (AvgIpc) is 3.04. The van der Waals surface area contributed by atoms with E-state index in [0.29, 0.717) is 24.3 Å². The number of carbonyl (C=O) groups excluding carboxylic acids is 3. The van der Waals surface area contributed by atoms with E-state index >= 15 is 0 Å². The zero-order chi connectivity index (χ0) is 33.1. The van der Waals surface area contributed by atoms with Crippen molar-refractivity contribution >= 4 is 30.0 Å². The van der Waals surface area contributed by atoms with E-state index in [-0.39, 0.29) is 18.5 Å². The van der Waals surface area contributed by atoms with Gasteiger partial charge in [-0.05, 0) is 12.8 Å². The zero-order valence-corrected chi connectivity index (χ0v) is 30.5. The highest BCUT2D eigenvalue weighted by molar-refractivity contribution is 7.99. The predicted molar refractivity (Wildman–Crippen MR) is 193 cm³/mol. The molecule has 0 aromatic rings. The van der Waals surface area contributed by atoms with Crippen molar-refractivity contribution in [1.29, 1.82) is 0 Å². The fourth-order valence-corrected chi connectivity index (χ4v) is 6.48. The highest BCUT2D eigenvalue weighted by Crippen LogP contribution is 2.16. The van der Waals surface area contributed by atoms with Gasteiger partial charge in [-0.15, -0.1) is 0 Å². The van der Waals surface area contributed by atoms with Gasteiger partial charge in [0.1, 0.15) is 19.0 Å². The van der Waals surface area contributed by atoms with Crippen LogP contribution in [0, 0.1) is 0 Å². The molecule has 0 aliphatic rings. The normalized spacial score (nSPS) is 12.6. The van der Waals surface area contributed by atoms with Gasteiger partial charge < -0.3 is 20.0 Å². The molecule has 0 amide bonds. The molecule has 0 aliphatic carbocycles. The number of ether oxygens (including phenoxy) is 2. The number of unbranched alkanes of at least 4 members (excludes halogenated alkanes) is 24. The molecule has 0 spiro atoms. The van der Waals surface area contributed by atoms with E-state index in [2.05, 4.69) is 13.8 Å². The molecule has 266 valence electrons. The Morgan fingerprint density at radius 3 is 1.29 bits per heavy atom. The fourth-order valence-electron chi connectivity index (χ4n) is 5.57. The highest BCUT2D eigenvalue weighted by atomic mass is 32.2. The molecule has 0 aromatic heterocycles. The lowest BCUT2D eigenvalue weighted by molar-refractivity contribution is -0.157. The second kappa shape index (κ2) is 35.8. The van der Waals surface area contributed by atoms with E-state index in [4.69, 9.17) is 15.2 Å². The van der Waals surface area contributed by atoms with Gasteiger partial charge in [-0.2, -0.15) is 11.8 Å². The van der Waals surface area contributed by atoms with Gasteiger partial charge in [0.2, 0.25) is 0 Å². The van der Waals surface area contributed by atoms with Crippen LogP contribution >= 0.6 is 11.8 Å². The molecule has 0 saturated heterocycles. The largest absolute Gasteiger partial charge is 0.462 e. The number of hydrogen-bond donors (Lipinski definition) is 1. The van der Waals surface area contributed by atoms with Crippen LogP contribution in [0.5, 0.6) is 0 Å². The van der Waals surface area contributed by atoms with Crippen molar-refractivity contribution < 1.29 is 23.9 Å². The summed E-state index contributed by atoms with van der Waals surface area (Å²) in [7, 11) is 0. The van der Waals surface area contributed by atoms with E-state index in [9.17, 15) is 14.4 Å². The van der Waals surface area contributed by atoms with Gasteiger partial charge in [-0.3, -0.25) is 9.59 Å². The molecule has 45 heavy (non-hydrogen) atoms. The standard InChI is InChI=1S/C38H73NO5S/c1-3-5-7-9-11-13-15-17-19-21-23-25-27-29-37(41)43-32-36(34-45-33-35(39)31-40)44-38(42)30-28-26-24-22-20-18-16-14-12-10-8-6-4-2/h31,35-36H,3-30,32-34,39H2,1-2H3/t35-,36?/m1/s1. The van der Waals surface area contributed by atoms with E-state index in [1.54, 1.807) is 0 Å². The number of nitrogens with two attached hydrogens (primary N) is 1. The molecule has 0 heterocycles. The predicted octanol–water partition coefficient (Wildman–Crippen LogP) is 10.7. The molecule has 0 fully saturated rings. The maximum Gasteiger partial charge on any atom is 0.306 e. The molecule has 7 heteroatoms. The monoisotopic (exact) mass is 656 g/mol. The number of carbonyl (C=O) groups is 3. The second-order valence-corrected chi connectivity index (χ2v) is 14.2. The quantitative estimate of drug-likeness (QED) is 0.0407. The summed E-state index contributed by atoms with van der Waals surface area (Å²) < 4.78 is 11.2. The Labute approximate surface area is 282 Å². The first-order valence-electron chi connectivity index (χ1n) is 19.2. The summed E-state index contributed by atoms with van der Waals surface area (Å²) in [6.07, 6.45) is 33.9. The molecule has 0 rings (SSSR count). The maximum absolute atomic E-state index is 12.5. The van der Waals surface area contributed by atoms with Crippen LogP contribution < -0.4 is 5.73 Å². The van der Waals surface area contributed by atoms with Crippen molar-refractivity contribution in [2.75, 3.05) is 18.1 Å². The summed E-state index contributed by atoms with van der Waals surface area (Å²) >= 11 is 1.45. The van der Waals surface area contributed by atoms with Crippen LogP contribution in [0.3, 0.4) is 0 Å². The first kappa shape index (κ1) is 43.9. The summed E-state index contributed by atoms with van der Waals surface area (Å²) in [6.45, 7) is 4.58. The Bertz CT molecular complexity index is 662. The van der Waals surface area contributed by atoms with Gasteiger partial charge in [0, 0.05) is 24.3 Å². The van der Waals surface area contributed by atoms with Crippen LogP contribution in [0.15, 0.2) is 0 Å². The van der Waals surface area contributed by atoms with Gasteiger partial charge in [0.25, 0.3) is 0 Å². The lowest BCUT2D eigenvalue weighted by Gasteiger charge is -2.18. The molecular weight excluding hydrogens is 582 g/mol. The molecule has 0 radical (unpaired) electrons. The molecule has 0 aliphatic heterocycles. The average molecular weight is 656 g/mol. The van der Waals surface area contributed by atoms with E-state index < -0.39 is 12.1 Å². The zero-order valence-electron chi connectivity index (χ0n) is 29.7. The fraction of sp³-hybridized carbons (Fsp3) is 0.921. The van der Waals surface area contributed by atoms with Crippen molar-refractivity contribution in [3.63, 3.8) is 0 Å². The Hall–Kier alpha value is -1.08. The molecule has 0 bridgehead atoms. The Balaban J connectivity index is 3.98. The van der Waals surface area contributed by atoms with Gasteiger partial charge in [0.05, 0.1) is 6.04 Å². The smallest absolute Gasteiger partial charge is 0.306 e. The minimum absolute atomic E-state index is 0.0605. The van der Waals surface area contributed by atoms with E-state index in [1.165, 1.54) is 140 Å².